The molecule has 3 rings (SSSR count). The largest absolute Gasteiger partial charge is 0.240 e. The molecule has 1 nitrogen and oxygen atoms in total. The van der Waals surface area contributed by atoms with Gasteiger partial charge in [0.2, 0.25) is 0 Å². The summed E-state index contributed by atoms with van der Waals surface area (Å²) in [4.78, 5) is 0. The van der Waals surface area contributed by atoms with Gasteiger partial charge in [0.05, 0.1) is 0 Å². The van der Waals surface area contributed by atoms with Gasteiger partial charge in [-0.05, 0) is 37.5 Å². The van der Waals surface area contributed by atoms with Crippen molar-refractivity contribution < 1.29 is 0 Å². The highest BCUT2D eigenvalue weighted by Crippen LogP contribution is 2.47. The fourth-order valence-corrected chi connectivity index (χ4v) is 4.61. The lowest BCUT2D eigenvalue weighted by atomic mass is 9.78. The fourth-order valence-electron chi connectivity index (χ4n) is 3.32. The minimum absolute atomic E-state index is 0.818. The Kier molecular flexibility index (Phi) is 2.44. The van der Waals surface area contributed by atoms with Gasteiger partial charge in [0.15, 0.2) is 0 Å². The van der Waals surface area contributed by atoms with Gasteiger partial charge in [0, 0.05) is 34.9 Å². The van der Waals surface area contributed by atoms with Crippen LogP contribution in [-0.2, 0) is 0 Å². The number of hydrogen-bond acceptors (Lipinski definition) is 1. The first-order valence-electron chi connectivity index (χ1n) is 5.63. The van der Waals surface area contributed by atoms with E-state index in [9.17, 15) is 0 Å². The van der Waals surface area contributed by atoms with Gasteiger partial charge in [0.1, 0.15) is 0 Å². The predicted molar refractivity (Wildman–Crippen MR) is 67.2 cm³/mol. The van der Waals surface area contributed by atoms with Gasteiger partial charge >= 0.3 is 0 Å². The van der Waals surface area contributed by atoms with Crippen molar-refractivity contribution >= 4 is 22.9 Å². The number of rotatable bonds is 0. The van der Waals surface area contributed by atoms with Crippen molar-refractivity contribution in [2.45, 2.75) is 37.8 Å². The maximum Gasteiger partial charge on any atom is 0.0269 e. The Morgan fingerprint density at radius 3 is 2.86 bits per heavy atom. The van der Waals surface area contributed by atoms with Gasteiger partial charge in [-0.3, -0.25) is 0 Å². The van der Waals surface area contributed by atoms with Crippen LogP contribution in [0.2, 0.25) is 0 Å². The van der Waals surface area contributed by atoms with E-state index >= 15 is 0 Å². The lowest BCUT2D eigenvalue weighted by Gasteiger charge is -2.26. The zero-order valence-electron chi connectivity index (χ0n) is 8.27. The minimum atomic E-state index is 0.818. The molecule has 1 aliphatic heterocycles. The normalized spacial score (nSPS) is 46.4. The van der Waals surface area contributed by atoms with Crippen molar-refractivity contribution in [1.82, 2.24) is 3.11 Å². The van der Waals surface area contributed by atoms with Crippen LogP contribution in [0.5, 0.6) is 0 Å². The Morgan fingerprint density at radius 1 is 1.07 bits per heavy atom. The predicted octanol–water partition coefficient (Wildman–Crippen LogP) is 3.32. The van der Waals surface area contributed by atoms with Crippen LogP contribution in [-0.4, -0.2) is 15.2 Å². The van der Waals surface area contributed by atoms with E-state index in [0.717, 1.165) is 23.9 Å². The molecule has 14 heavy (non-hydrogen) atoms. The van der Waals surface area contributed by atoms with Gasteiger partial charge < -0.3 is 0 Å². The Balaban J connectivity index is 1.92. The van der Waals surface area contributed by atoms with Crippen molar-refractivity contribution in [3.63, 3.8) is 0 Å². The molecule has 0 bridgehead atoms. The molecule has 0 aromatic carbocycles. The van der Waals surface area contributed by atoms with Gasteiger partial charge in [-0.2, -0.15) is 0 Å². The summed E-state index contributed by atoms with van der Waals surface area (Å²) in [5.74, 6) is 1.74. The van der Waals surface area contributed by atoms with E-state index in [-0.39, 0.29) is 0 Å². The number of hydrogen-bond donors (Lipinski definition) is 0. The van der Waals surface area contributed by atoms with Gasteiger partial charge in [-0.15, -0.1) is 0 Å². The van der Waals surface area contributed by atoms with Gasteiger partial charge in [-0.25, -0.2) is 3.11 Å². The first-order valence-corrected chi connectivity index (χ1v) is 6.60. The number of fused-ring (bicyclic) bond motifs is 3. The average molecular weight is 301 g/mol. The molecule has 4 unspecified atom stereocenters. The van der Waals surface area contributed by atoms with Crippen LogP contribution >= 0.6 is 22.9 Å². The van der Waals surface area contributed by atoms with E-state index in [4.69, 9.17) is 0 Å². The quantitative estimate of drug-likeness (QED) is 0.377. The van der Waals surface area contributed by atoms with Crippen LogP contribution in [0.1, 0.15) is 25.7 Å². The Hall–Kier alpha value is 0.170. The van der Waals surface area contributed by atoms with Crippen LogP contribution in [0, 0.1) is 11.8 Å². The lowest BCUT2D eigenvalue weighted by molar-refractivity contribution is 0.343. The van der Waals surface area contributed by atoms with E-state index in [1.54, 1.807) is 0 Å². The van der Waals surface area contributed by atoms with Gasteiger partial charge in [0.25, 0.3) is 0 Å². The molecule has 4 atom stereocenters. The number of nitrogens with zero attached hydrogens (tertiary/aromatic N) is 1. The molecule has 2 heteroatoms. The molecule has 0 aromatic rings. The third kappa shape index (κ3) is 1.30. The third-order valence-corrected chi connectivity index (χ3v) is 5.44. The summed E-state index contributed by atoms with van der Waals surface area (Å²) in [6.45, 7) is 0. The van der Waals surface area contributed by atoms with Crippen molar-refractivity contribution in [3.05, 3.63) is 24.3 Å². The monoisotopic (exact) mass is 301 g/mol. The van der Waals surface area contributed by atoms with E-state index in [1.807, 2.05) is 0 Å². The van der Waals surface area contributed by atoms with Crippen LogP contribution in [0.4, 0.5) is 0 Å². The molecule has 0 N–H and O–H groups in total. The summed E-state index contributed by atoms with van der Waals surface area (Å²) in [5, 5.41) is 0. The molecule has 0 saturated carbocycles. The molecule has 0 spiro atoms. The van der Waals surface area contributed by atoms with Gasteiger partial charge in [-0.1, -0.05) is 24.3 Å². The number of allylic oxidation sites excluding steroid dienone is 2. The lowest BCUT2D eigenvalue weighted by Crippen LogP contribution is -2.29. The van der Waals surface area contributed by atoms with E-state index in [0.29, 0.717) is 0 Å². The minimum Gasteiger partial charge on any atom is -0.240 e. The highest BCUT2D eigenvalue weighted by Gasteiger charge is 2.46. The maximum atomic E-state index is 2.63. The number of halogens is 1. The molecule has 3 aliphatic rings. The van der Waals surface area contributed by atoms with Crippen LogP contribution < -0.4 is 0 Å². The summed E-state index contributed by atoms with van der Waals surface area (Å²) in [5.41, 5.74) is 0. The fraction of sp³-hybridized carbons (Fsp3) is 0.667. The zero-order chi connectivity index (χ0) is 9.54. The second-order valence-corrected chi connectivity index (χ2v) is 5.78. The van der Waals surface area contributed by atoms with Crippen LogP contribution in [0.15, 0.2) is 24.3 Å². The van der Waals surface area contributed by atoms with Crippen LogP contribution in [0.25, 0.3) is 0 Å². The van der Waals surface area contributed by atoms with E-state index < -0.39 is 0 Å². The maximum absolute atomic E-state index is 2.63. The molecule has 76 valence electrons. The first-order chi connectivity index (χ1) is 6.88. The molecule has 1 saturated heterocycles. The van der Waals surface area contributed by atoms with Crippen molar-refractivity contribution in [2.75, 3.05) is 0 Å². The summed E-state index contributed by atoms with van der Waals surface area (Å²) in [6.07, 6.45) is 14.9. The second kappa shape index (κ2) is 3.63. The SMILES string of the molecule is IN1C2CCC=CC2C2CC=CCC21. The highest BCUT2D eigenvalue weighted by atomic mass is 127. The molecule has 2 aliphatic carbocycles. The second-order valence-electron chi connectivity index (χ2n) is 4.67. The van der Waals surface area contributed by atoms with E-state index in [2.05, 4.69) is 50.3 Å². The Morgan fingerprint density at radius 2 is 1.93 bits per heavy atom. The zero-order valence-corrected chi connectivity index (χ0v) is 10.4. The molecule has 0 amide bonds. The first kappa shape index (κ1) is 9.40. The Labute approximate surface area is 99.7 Å². The average Bonchev–Trinajstić information content (AvgIpc) is 2.55. The van der Waals surface area contributed by atoms with E-state index in [1.165, 1.54) is 25.7 Å². The summed E-state index contributed by atoms with van der Waals surface area (Å²) in [6, 6.07) is 1.65. The van der Waals surface area contributed by atoms with Crippen molar-refractivity contribution in [3.8, 4) is 0 Å². The molecular formula is C12H16IN. The highest BCUT2D eigenvalue weighted by molar-refractivity contribution is 14.1. The summed E-state index contributed by atoms with van der Waals surface area (Å²) in [7, 11) is 0. The summed E-state index contributed by atoms with van der Waals surface area (Å²) < 4.78 is 2.63. The standard InChI is InChI=1S/C12H16IN/c13-14-11-7-3-1-5-9(11)10-6-2-4-8-12(10)14/h1-3,6,9-12H,4-5,7-8H2. The molecule has 1 fully saturated rings. The molecule has 1 heterocycles. The molecule has 0 aromatic heterocycles. The smallest absolute Gasteiger partial charge is 0.0269 e. The van der Waals surface area contributed by atoms with Crippen molar-refractivity contribution in [1.29, 1.82) is 0 Å². The van der Waals surface area contributed by atoms with Crippen LogP contribution in [0.3, 0.4) is 0 Å². The third-order valence-electron chi connectivity index (χ3n) is 4.01. The topological polar surface area (TPSA) is 3.24 Å². The molecular weight excluding hydrogens is 285 g/mol. The Bertz CT molecular complexity index is 284. The summed E-state index contributed by atoms with van der Waals surface area (Å²) >= 11 is 2.57. The molecule has 0 radical (unpaired) electrons. The van der Waals surface area contributed by atoms with Crippen molar-refractivity contribution in [2.24, 2.45) is 11.8 Å².